The number of rotatable bonds is 8. The summed E-state index contributed by atoms with van der Waals surface area (Å²) < 4.78 is 67.7. The Morgan fingerprint density at radius 3 is 2.35 bits per heavy atom. The van der Waals surface area contributed by atoms with Crippen LogP contribution in [0.25, 0.3) is 10.8 Å². The van der Waals surface area contributed by atoms with Gasteiger partial charge in [0.25, 0.3) is 0 Å². The Labute approximate surface area is 196 Å². The normalized spacial score (nSPS) is 18.9. The second kappa shape index (κ2) is 10.7. The standard InChI is InChI=1S/C27H28F4O3/c1-2-3-4-19-16-32-26(33-17-19)22-11-14-24-21(15-22)10-9-20(25(24)28)8-5-18-6-12-23(13-7-18)34-27(29,30)31/h6-7,9-15,19,26H,2-5,8,16-17H2,1H3. The Hall–Kier alpha value is -2.64. The molecule has 1 saturated heterocycles. The van der Waals surface area contributed by atoms with E-state index in [1.807, 2.05) is 18.2 Å². The number of unbranched alkanes of at least 4 members (excludes halogenated alkanes) is 1. The van der Waals surface area contributed by atoms with Gasteiger partial charge in [-0.2, -0.15) is 0 Å². The third kappa shape index (κ3) is 6.27. The maximum absolute atomic E-state index is 15.2. The third-order valence-electron chi connectivity index (χ3n) is 6.10. The van der Waals surface area contributed by atoms with Crippen LogP contribution in [0.2, 0.25) is 0 Å². The number of ether oxygens (including phenoxy) is 3. The van der Waals surface area contributed by atoms with Gasteiger partial charge >= 0.3 is 6.36 Å². The lowest BCUT2D eigenvalue weighted by molar-refractivity contribution is -0.274. The van der Waals surface area contributed by atoms with Crippen LogP contribution in [-0.2, 0) is 22.3 Å². The summed E-state index contributed by atoms with van der Waals surface area (Å²) in [6.07, 6.45) is -0.817. The third-order valence-corrected chi connectivity index (χ3v) is 6.10. The van der Waals surface area contributed by atoms with Gasteiger partial charge in [-0.15, -0.1) is 13.2 Å². The summed E-state index contributed by atoms with van der Waals surface area (Å²) in [5.41, 5.74) is 2.22. The van der Waals surface area contributed by atoms with E-state index < -0.39 is 12.7 Å². The van der Waals surface area contributed by atoms with Crippen LogP contribution in [-0.4, -0.2) is 19.6 Å². The summed E-state index contributed by atoms with van der Waals surface area (Å²) in [6.45, 7) is 3.50. The number of alkyl halides is 3. The first kappa shape index (κ1) is 24.5. The van der Waals surface area contributed by atoms with Gasteiger partial charge in [0.1, 0.15) is 11.6 Å². The molecule has 0 spiro atoms. The molecule has 182 valence electrons. The van der Waals surface area contributed by atoms with E-state index in [0.29, 0.717) is 42.9 Å². The zero-order chi connectivity index (χ0) is 24.1. The molecule has 3 nitrogen and oxygen atoms in total. The molecule has 0 atom stereocenters. The van der Waals surface area contributed by atoms with Crippen LogP contribution in [0.4, 0.5) is 17.6 Å². The SMILES string of the molecule is CCCCC1COC(c2ccc3c(F)c(CCc4ccc(OC(F)(F)F)cc4)ccc3c2)OC1. The summed E-state index contributed by atoms with van der Waals surface area (Å²) in [5, 5.41) is 1.29. The Balaban J connectivity index is 1.39. The minimum atomic E-state index is -4.72. The van der Waals surface area contributed by atoms with Crippen molar-refractivity contribution in [3.05, 3.63) is 77.1 Å². The number of aryl methyl sites for hydroxylation is 2. The van der Waals surface area contributed by atoms with Gasteiger partial charge in [0, 0.05) is 16.9 Å². The van der Waals surface area contributed by atoms with Gasteiger partial charge in [-0.05, 0) is 54.0 Å². The quantitative estimate of drug-likeness (QED) is 0.315. The van der Waals surface area contributed by atoms with E-state index in [2.05, 4.69) is 11.7 Å². The van der Waals surface area contributed by atoms with Crippen molar-refractivity contribution in [3.63, 3.8) is 0 Å². The fourth-order valence-electron chi connectivity index (χ4n) is 4.23. The van der Waals surface area contributed by atoms with E-state index in [1.54, 1.807) is 24.3 Å². The largest absolute Gasteiger partial charge is 0.573 e. The number of fused-ring (bicyclic) bond motifs is 1. The van der Waals surface area contributed by atoms with Crippen molar-refractivity contribution in [2.75, 3.05) is 13.2 Å². The topological polar surface area (TPSA) is 27.7 Å². The van der Waals surface area contributed by atoms with Crippen molar-refractivity contribution >= 4 is 10.8 Å². The predicted molar refractivity (Wildman–Crippen MR) is 122 cm³/mol. The Kier molecular flexibility index (Phi) is 7.73. The minimum absolute atomic E-state index is 0.272. The first-order valence-corrected chi connectivity index (χ1v) is 11.6. The lowest BCUT2D eigenvalue weighted by Gasteiger charge is -2.29. The zero-order valence-corrected chi connectivity index (χ0v) is 19.0. The van der Waals surface area contributed by atoms with Crippen molar-refractivity contribution in [2.24, 2.45) is 5.92 Å². The molecular formula is C27H28F4O3. The van der Waals surface area contributed by atoms with Crippen LogP contribution in [0.5, 0.6) is 5.75 Å². The molecule has 0 radical (unpaired) electrons. The number of hydrogen-bond donors (Lipinski definition) is 0. The lowest BCUT2D eigenvalue weighted by atomic mass is 9.98. The number of hydrogen-bond acceptors (Lipinski definition) is 3. The van der Waals surface area contributed by atoms with E-state index in [9.17, 15) is 13.2 Å². The van der Waals surface area contributed by atoms with Crippen molar-refractivity contribution in [1.82, 2.24) is 0 Å². The second-order valence-electron chi connectivity index (χ2n) is 8.72. The molecule has 3 aromatic rings. The molecule has 1 aliphatic rings. The van der Waals surface area contributed by atoms with Gasteiger partial charge in [0.05, 0.1) is 13.2 Å². The molecule has 0 bridgehead atoms. The van der Waals surface area contributed by atoms with Crippen LogP contribution in [0.3, 0.4) is 0 Å². The lowest BCUT2D eigenvalue weighted by Crippen LogP contribution is -2.27. The molecule has 7 heteroatoms. The van der Waals surface area contributed by atoms with E-state index in [1.165, 1.54) is 12.1 Å². The van der Waals surface area contributed by atoms with Crippen LogP contribution < -0.4 is 4.74 Å². The first-order chi connectivity index (χ1) is 16.3. The van der Waals surface area contributed by atoms with E-state index in [-0.39, 0.29) is 11.6 Å². The second-order valence-corrected chi connectivity index (χ2v) is 8.72. The minimum Gasteiger partial charge on any atom is -0.406 e. The molecule has 0 saturated carbocycles. The summed E-state index contributed by atoms with van der Waals surface area (Å²) in [6, 6.07) is 14.8. The zero-order valence-electron chi connectivity index (χ0n) is 19.0. The molecule has 3 aromatic carbocycles. The maximum Gasteiger partial charge on any atom is 0.573 e. The van der Waals surface area contributed by atoms with Gasteiger partial charge in [0.15, 0.2) is 6.29 Å². The van der Waals surface area contributed by atoms with Crippen molar-refractivity contribution in [2.45, 2.75) is 51.7 Å². The fourth-order valence-corrected chi connectivity index (χ4v) is 4.23. The van der Waals surface area contributed by atoms with Gasteiger partial charge < -0.3 is 14.2 Å². The molecule has 0 N–H and O–H groups in total. The first-order valence-electron chi connectivity index (χ1n) is 11.6. The van der Waals surface area contributed by atoms with Gasteiger partial charge in [-0.3, -0.25) is 0 Å². The van der Waals surface area contributed by atoms with Crippen molar-refractivity contribution < 1.29 is 31.8 Å². The summed E-state index contributed by atoms with van der Waals surface area (Å²) >= 11 is 0. The highest BCUT2D eigenvalue weighted by atomic mass is 19.4. The highest BCUT2D eigenvalue weighted by Crippen LogP contribution is 2.31. The molecule has 1 aliphatic heterocycles. The average molecular weight is 477 g/mol. The van der Waals surface area contributed by atoms with Crippen LogP contribution >= 0.6 is 0 Å². The smallest absolute Gasteiger partial charge is 0.406 e. The highest BCUT2D eigenvalue weighted by molar-refractivity contribution is 5.84. The maximum atomic E-state index is 15.2. The van der Waals surface area contributed by atoms with Gasteiger partial charge in [-0.1, -0.05) is 56.2 Å². The molecular weight excluding hydrogens is 448 g/mol. The summed E-state index contributed by atoms with van der Waals surface area (Å²) in [5.74, 6) is -0.137. The molecule has 1 fully saturated rings. The predicted octanol–water partition coefficient (Wildman–Crippen LogP) is 7.51. The van der Waals surface area contributed by atoms with Gasteiger partial charge in [-0.25, -0.2) is 4.39 Å². The molecule has 0 unspecified atom stereocenters. The Morgan fingerprint density at radius 1 is 0.941 bits per heavy atom. The van der Waals surface area contributed by atoms with E-state index in [0.717, 1.165) is 35.8 Å². The van der Waals surface area contributed by atoms with Crippen LogP contribution in [0.15, 0.2) is 54.6 Å². The molecule has 34 heavy (non-hydrogen) atoms. The highest BCUT2D eigenvalue weighted by Gasteiger charge is 2.31. The van der Waals surface area contributed by atoms with E-state index in [4.69, 9.17) is 9.47 Å². The van der Waals surface area contributed by atoms with Crippen LogP contribution in [0.1, 0.15) is 49.2 Å². The monoisotopic (exact) mass is 476 g/mol. The average Bonchev–Trinajstić information content (AvgIpc) is 2.82. The summed E-state index contributed by atoms with van der Waals surface area (Å²) in [4.78, 5) is 0. The van der Waals surface area contributed by atoms with Crippen LogP contribution in [0, 0.1) is 11.7 Å². The van der Waals surface area contributed by atoms with Crippen molar-refractivity contribution in [1.29, 1.82) is 0 Å². The Morgan fingerprint density at radius 2 is 1.68 bits per heavy atom. The fraction of sp³-hybridized carbons (Fsp3) is 0.407. The Bertz CT molecular complexity index is 1090. The molecule has 0 amide bonds. The number of benzene rings is 3. The van der Waals surface area contributed by atoms with E-state index >= 15 is 4.39 Å². The van der Waals surface area contributed by atoms with Crippen molar-refractivity contribution in [3.8, 4) is 5.75 Å². The molecule has 1 heterocycles. The molecule has 0 aliphatic carbocycles. The summed E-state index contributed by atoms with van der Waals surface area (Å²) in [7, 11) is 0. The molecule has 0 aromatic heterocycles. The van der Waals surface area contributed by atoms with Gasteiger partial charge in [0.2, 0.25) is 0 Å². The number of halogens is 4. The molecule has 4 rings (SSSR count).